The molecule has 82 valence electrons. The van der Waals surface area contributed by atoms with Gasteiger partial charge in [-0.2, -0.15) is 0 Å². The SMILES string of the molecule is O[C@@H]1CCCN(Cc2ccc(Cl)nc2)C1. The zero-order chi connectivity index (χ0) is 10.7. The van der Waals surface area contributed by atoms with Gasteiger partial charge in [-0.1, -0.05) is 17.7 Å². The van der Waals surface area contributed by atoms with Crippen LogP contribution in [0.4, 0.5) is 0 Å². The Hall–Kier alpha value is -0.640. The number of β-amino-alcohol motifs (C(OH)–C–C–N with tert-alkyl or cyclic N) is 1. The molecule has 0 amide bonds. The molecular weight excluding hydrogens is 212 g/mol. The number of piperidine rings is 1. The van der Waals surface area contributed by atoms with Crippen molar-refractivity contribution in [1.82, 2.24) is 9.88 Å². The lowest BCUT2D eigenvalue weighted by atomic mass is 10.1. The van der Waals surface area contributed by atoms with Gasteiger partial charge in [0.1, 0.15) is 5.15 Å². The van der Waals surface area contributed by atoms with E-state index in [0.717, 1.165) is 38.0 Å². The first-order valence-corrected chi connectivity index (χ1v) is 5.63. The van der Waals surface area contributed by atoms with Crippen LogP contribution in [0.2, 0.25) is 5.15 Å². The predicted octanol–water partition coefficient (Wildman–Crippen LogP) is 1.69. The second kappa shape index (κ2) is 4.92. The van der Waals surface area contributed by atoms with Crippen LogP contribution >= 0.6 is 11.6 Å². The molecule has 0 unspecified atom stereocenters. The Bertz CT molecular complexity index is 315. The normalized spacial score (nSPS) is 22.9. The van der Waals surface area contributed by atoms with E-state index in [-0.39, 0.29) is 6.10 Å². The first-order valence-electron chi connectivity index (χ1n) is 5.25. The average molecular weight is 227 g/mol. The number of aliphatic hydroxyl groups excluding tert-OH is 1. The zero-order valence-corrected chi connectivity index (χ0v) is 9.32. The minimum atomic E-state index is -0.168. The van der Waals surface area contributed by atoms with Gasteiger partial charge >= 0.3 is 0 Å². The molecule has 1 aliphatic heterocycles. The highest BCUT2D eigenvalue weighted by Crippen LogP contribution is 2.14. The fraction of sp³-hybridized carbons (Fsp3) is 0.545. The van der Waals surface area contributed by atoms with Crippen molar-refractivity contribution in [2.75, 3.05) is 13.1 Å². The van der Waals surface area contributed by atoms with Crippen molar-refractivity contribution in [1.29, 1.82) is 0 Å². The van der Waals surface area contributed by atoms with Crippen LogP contribution < -0.4 is 0 Å². The molecule has 2 rings (SSSR count). The highest BCUT2D eigenvalue weighted by atomic mass is 35.5. The number of nitrogens with zero attached hydrogens (tertiary/aromatic N) is 2. The van der Waals surface area contributed by atoms with Crippen LogP contribution in [-0.4, -0.2) is 34.2 Å². The molecule has 4 heteroatoms. The van der Waals surface area contributed by atoms with Crippen LogP contribution in [0.1, 0.15) is 18.4 Å². The van der Waals surface area contributed by atoms with Gasteiger partial charge in [0, 0.05) is 19.3 Å². The first-order chi connectivity index (χ1) is 7.24. The molecule has 0 bridgehead atoms. The van der Waals surface area contributed by atoms with E-state index in [1.165, 1.54) is 0 Å². The maximum atomic E-state index is 9.52. The Morgan fingerprint density at radius 1 is 1.53 bits per heavy atom. The molecule has 1 atom stereocenters. The monoisotopic (exact) mass is 226 g/mol. The number of pyridine rings is 1. The van der Waals surface area contributed by atoms with Crippen LogP contribution in [-0.2, 0) is 6.54 Å². The third-order valence-electron chi connectivity index (χ3n) is 2.68. The maximum absolute atomic E-state index is 9.52. The molecular formula is C11H15ClN2O. The van der Waals surface area contributed by atoms with Crippen LogP contribution in [0.3, 0.4) is 0 Å². The summed E-state index contributed by atoms with van der Waals surface area (Å²) in [7, 11) is 0. The smallest absolute Gasteiger partial charge is 0.129 e. The number of rotatable bonds is 2. The summed E-state index contributed by atoms with van der Waals surface area (Å²) in [5, 5.41) is 10.0. The molecule has 0 aromatic carbocycles. The molecule has 1 aromatic heterocycles. The van der Waals surface area contributed by atoms with E-state index < -0.39 is 0 Å². The highest BCUT2D eigenvalue weighted by Gasteiger charge is 2.17. The number of hydrogen-bond acceptors (Lipinski definition) is 3. The van der Waals surface area contributed by atoms with E-state index in [4.69, 9.17) is 11.6 Å². The van der Waals surface area contributed by atoms with Gasteiger partial charge in [0.05, 0.1) is 6.10 Å². The second-order valence-electron chi connectivity index (χ2n) is 4.02. The quantitative estimate of drug-likeness (QED) is 0.780. The van der Waals surface area contributed by atoms with E-state index >= 15 is 0 Å². The molecule has 2 heterocycles. The minimum absolute atomic E-state index is 0.168. The third-order valence-corrected chi connectivity index (χ3v) is 2.90. The molecule has 1 N–H and O–H groups in total. The molecule has 0 spiro atoms. The number of halogens is 1. The fourth-order valence-corrected chi connectivity index (χ4v) is 2.04. The maximum Gasteiger partial charge on any atom is 0.129 e. The van der Waals surface area contributed by atoms with E-state index in [9.17, 15) is 5.11 Å². The van der Waals surface area contributed by atoms with E-state index in [0.29, 0.717) is 5.15 Å². The predicted molar refractivity (Wildman–Crippen MR) is 59.8 cm³/mol. The second-order valence-corrected chi connectivity index (χ2v) is 4.41. The average Bonchev–Trinajstić information content (AvgIpc) is 2.22. The lowest BCUT2D eigenvalue weighted by Gasteiger charge is -2.29. The Kier molecular flexibility index (Phi) is 3.57. The molecule has 1 aliphatic rings. The van der Waals surface area contributed by atoms with Gasteiger partial charge < -0.3 is 5.11 Å². The van der Waals surface area contributed by atoms with Gasteiger partial charge in [-0.15, -0.1) is 0 Å². The van der Waals surface area contributed by atoms with Gasteiger partial charge in [0.2, 0.25) is 0 Å². The van der Waals surface area contributed by atoms with E-state index in [1.807, 2.05) is 6.07 Å². The molecule has 0 saturated carbocycles. The Morgan fingerprint density at radius 3 is 3.07 bits per heavy atom. The van der Waals surface area contributed by atoms with E-state index in [1.54, 1.807) is 12.3 Å². The van der Waals surface area contributed by atoms with Gasteiger partial charge in [-0.3, -0.25) is 4.90 Å². The van der Waals surface area contributed by atoms with Crippen LogP contribution in [0, 0.1) is 0 Å². The Morgan fingerprint density at radius 2 is 2.40 bits per heavy atom. The molecule has 0 radical (unpaired) electrons. The van der Waals surface area contributed by atoms with Crippen LogP contribution in [0.5, 0.6) is 0 Å². The summed E-state index contributed by atoms with van der Waals surface area (Å²) in [6.45, 7) is 2.67. The van der Waals surface area contributed by atoms with Crippen molar-refractivity contribution in [3.63, 3.8) is 0 Å². The van der Waals surface area contributed by atoms with Gasteiger partial charge in [0.15, 0.2) is 0 Å². The number of aliphatic hydroxyl groups is 1. The Labute approximate surface area is 94.7 Å². The summed E-state index contributed by atoms with van der Waals surface area (Å²) in [4.78, 5) is 6.29. The molecule has 15 heavy (non-hydrogen) atoms. The van der Waals surface area contributed by atoms with Crippen molar-refractivity contribution in [3.05, 3.63) is 29.0 Å². The number of hydrogen-bond donors (Lipinski definition) is 1. The van der Waals surface area contributed by atoms with Crippen molar-refractivity contribution < 1.29 is 5.11 Å². The molecule has 1 aromatic rings. The molecule has 1 saturated heterocycles. The summed E-state index contributed by atoms with van der Waals surface area (Å²) >= 11 is 5.71. The van der Waals surface area contributed by atoms with Crippen molar-refractivity contribution in [2.24, 2.45) is 0 Å². The summed E-state index contributed by atoms with van der Waals surface area (Å²) in [6.07, 6.45) is 3.62. The Balaban J connectivity index is 1.93. The lowest BCUT2D eigenvalue weighted by Crippen LogP contribution is -2.37. The van der Waals surface area contributed by atoms with Crippen molar-refractivity contribution in [3.8, 4) is 0 Å². The topological polar surface area (TPSA) is 36.4 Å². The largest absolute Gasteiger partial charge is 0.392 e. The minimum Gasteiger partial charge on any atom is -0.392 e. The summed E-state index contributed by atoms with van der Waals surface area (Å²) in [5.74, 6) is 0. The lowest BCUT2D eigenvalue weighted by molar-refractivity contribution is 0.0668. The standard InChI is InChI=1S/C11H15ClN2O/c12-11-4-3-9(6-13-11)7-14-5-1-2-10(15)8-14/h3-4,6,10,15H,1-2,5,7-8H2/t10-/m1/s1. The highest BCUT2D eigenvalue weighted by molar-refractivity contribution is 6.29. The third kappa shape index (κ3) is 3.16. The van der Waals surface area contributed by atoms with Gasteiger partial charge in [-0.05, 0) is 31.0 Å². The summed E-state index contributed by atoms with van der Waals surface area (Å²) in [6, 6.07) is 3.79. The summed E-state index contributed by atoms with van der Waals surface area (Å²) < 4.78 is 0. The van der Waals surface area contributed by atoms with Gasteiger partial charge in [0.25, 0.3) is 0 Å². The molecule has 1 fully saturated rings. The summed E-state index contributed by atoms with van der Waals surface area (Å²) in [5.41, 5.74) is 1.15. The molecule has 0 aliphatic carbocycles. The zero-order valence-electron chi connectivity index (χ0n) is 8.56. The van der Waals surface area contributed by atoms with Gasteiger partial charge in [-0.25, -0.2) is 4.98 Å². The first kappa shape index (κ1) is 10.9. The van der Waals surface area contributed by atoms with Crippen LogP contribution in [0.15, 0.2) is 18.3 Å². The van der Waals surface area contributed by atoms with Crippen molar-refractivity contribution >= 4 is 11.6 Å². The number of likely N-dealkylation sites (tertiary alicyclic amines) is 1. The molecule has 3 nitrogen and oxygen atoms in total. The van der Waals surface area contributed by atoms with E-state index in [2.05, 4.69) is 9.88 Å². The number of aromatic nitrogens is 1. The van der Waals surface area contributed by atoms with Crippen LogP contribution in [0.25, 0.3) is 0 Å². The fourth-order valence-electron chi connectivity index (χ4n) is 1.93. The van der Waals surface area contributed by atoms with Crippen molar-refractivity contribution in [2.45, 2.75) is 25.5 Å².